The minimum Gasteiger partial charge on any atom is -0.327 e. The van der Waals surface area contributed by atoms with E-state index in [2.05, 4.69) is 23.0 Å². The van der Waals surface area contributed by atoms with E-state index < -0.39 is 0 Å². The first-order chi connectivity index (χ1) is 8.79. The minimum absolute atomic E-state index is 0.192. The van der Waals surface area contributed by atoms with Crippen LogP contribution in [0.2, 0.25) is 0 Å². The Labute approximate surface area is 112 Å². The third kappa shape index (κ3) is 3.55. The van der Waals surface area contributed by atoms with Crippen molar-refractivity contribution in [1.82, 2.24) is 9.97 Å². The molecule has 1 unspecified atom stereocenters. The molecule has 0 aliphatic carbocycles. The lowest BCUT2D eigenvalue weighted by Crippen LogP contribution is -2.21. The molecule has 0 aromatic carbocycles. The van der Waals surface area contributed by atoms with Crippen molar-refractivity contribution in [3.63, 3.8) is 0 Å². The number of rotatable bonds is 5. The summed E-state index contributed by atoms with van der Waals surface area (Å²) in [5, 5.41) is 1.96. The lowest BCUT2D eigenvalue weighted by atomic mass is 10.1. The van der Waals surface area contributed by atoms with Crippen LogP contribution in [-0.4, -0.2) is 16.0 Å². The first-order valence-corrected chi connectivity index (χ1v) is 6.89. The van der Waals surface area contributed by atoms with Crippen molar-refractivity contribution in [3.8, 4) is 0 Å². The van der Waals surface area contributed by atoms with Crippen molar-refractivity contribution in [2.24, 2.45) is 5.73 Å². The summed E-state index contributed by atoms with van der Waals surface area (Å²) in [5.41, 5.74) is 7.21. The van der Waals surface area contributed by atoms with Gasteiger partial charge in [-0.15, -0.1) is 0 Å². The van der Waals surface area contributed by atoms with Crippen LogP contribution in [0.15, 0.2) is 52.8 Å². The zero-order valence-corrected chi connectivity index (χ0v) is 11.2. The second-order valence-corrected chi connectivity index (χ2v) is 5.12. The van der Waals surface area contributed by atoms with E-state index in [1.807, 2.05) is 30.5 Å². The Morgan fingerprint density at radius 2 is 2.00 bits per heavy atom. The van der Waals surface area contributed by atoms with Crippen LogP contribution in [0.25, 0.3) is 0 Å². The molecular weight excluding hydrogens is 242 g/mol. The molecule has 3 nitrogen and oxygen atoms in total. The molecule has 4 heteroatoms. The molecule has 2 aromatic rings. The highest BCUT2D eigenvalue weighted by Gasteiger charge is 2.09. The number of pyridine rings is 2. The maximum absolute atomic E-state index is 6.01. The Hall–Kier alpha value is -1.39. The molecule has 94 valence electrons. The number of nitrogens with zero attached hydrogens (tertiary/aromatic N) is 2. The number of aromatic nitrogens is 2. The fraction of sp³-hybridized carbons (Fsp3) is 0.286. The lowest BCUT2D eigenvalue weighted by Gasteiger charge is -2.11. The van der Waals surface area contributed by atoms with Crippen LogP contribution in [0.5, 0.6) is 0 Å². The van der Waals surface area contributed by atoms with E-state index in [0.29, 0.717) is 0 Å². The van der Waals surface area contributed by atoms with Gasteiger partial charge < -0.3 is 5.73 Å². The van der Waals surface area contributed by atoms with Crippen LogP contribution in [-0.2, 0) is 6.42 Å². The van der Waals surface area contributed by atoms with Gasteiger partial charge in [0, 0.05) is 18.4 Å². The summed E-state index contributed by atoms with van der Waals surface area (Å²) in [7, 11) is 0. The van der Waals surface area contributed by atoms with Gasteiger partial charge in [0.05, 0.1) is 0 Å². The van der Waals surface area contributed by atoms with E-state index in [0.717, 1.165) is 22.9 Å². The molecule has 2 N–H and O–H groups in total. The Morgan fingerprint density at radius 1 is 1.17 bits per heavy atom. The number of hydrogen-bond donors (Lipinski definition) is 1. The van der Waals surface area contributed by atoms with Gasteiger partial charge in [0.2, 0.25) is 0 Å². The van der Waals surface area contributed by atoms with E-state index in [-0.39, 0.29) is 6.04 Å². The molecule has 0 amide bonds. The quantitative estimate of drug-likeness (QED) is 0.897. The fourth-order valence-corrected chi connectivity index (χ4v) is 2.46. The summed E-state index contributed by atoms with van der Waals surface area (Å²) in [6, 6.07) is 10.1. The normalized spacial score (nSPS) is 12.3. The smallest absolute Gasteiger partial charge is 0.105 e. The van der Waals surface area contributed by atoms with E-state index in [1.54, 1.807) is 18.0 Å². The van der Waals surface area contributed by atoms with Gasteiger partial charge in [0.25, 0.3) is 0 Å². The SMILES string of the molecule is CCC(N)Cc1cccnc1Sc1ccccn1. The molecule has 0 saturated carbocycles. The molecule has 0 saturated heterocycles. The van der Waals surface area contributed by atoms with Crippen LogP contribution in [0.3, 0.4) is 0 Å². The largest absolute Gasteiger partial charge is 0.327 e. The van der Waals surface area contributed by atoms with Crippen molar-refractivity contribution in [2.45, 2.75) is 35.9 Å². The Morgan fingerprint density at radius 3 is 2.72 bits per heavy atom. The van der Waals surface area contributed by atoms with Gasteiger partial charge >= 0.3 is 0 Å². The predicted octanol–water partition coefficient (Wildman–Crippen LogP) is 2.91. The Kier molecular flexibility index (Phi) is 4.73. The third-order valence-corrected chi connectivity index (χ3v) is 3.71. The maximum Gasteiger partial charge on any atom is 0.105 e. The van der Waals surface area contributed by atoms with Gasteiger partial charge in [0.1, 0.15) is 10.1 Å². The summed E-state index contributed by atoms with van der Waals surface area (Å²) in [4.78, 5) is 8.73. The van der Waals surface area contributed by atoms with Crippen molar-refractivity contribution >= 4 is 11.8 Å². The minimum atomic E-state index is 0.192. The Bertz CT molecular complexity index is 487. The molecule has 2 rings (SSSR count). The molecule has 2 aromatic heterocycles. The van der Waals surface area contributed by atoms with Crippen LogP contribution >= 0.6 is 11.8 Å². The number of nitrogens with two attached hydrogens (primary N) is 1. The summed E-state index contributed by atoms with van der Waals surface area (Å²) in [5.74, 6) is 0. The molecule has 0 radical (unpaired) electrons. The molecule has 2 heterocycles. The lowest BCUT2D eigenvalue weighted by molar-refractivity contribution is 0.637. The van der Waals surface area contributed by atoms with Gasteiger partial charge in [0.15, 0.2) is 0 Å². The highest BCUT2D eigenvalue weighted by atomic mass is 32.2. The fourth-order valence-electron chi connectivity index (χ4n) is 1.60. The highest BCUT2D eigenvalue weighted by Crippen LogP contribution is 2.27. The second-order valence-electron chi connectivity index (χ2n) is 4.11. The zero-order valence-electron chi connectivity index (χ0n) is 10.4. The van der Waals surface area contributed by atoms with Gasteiger partial charge in [-0.25, -0.2) is 9.97 Å². The molecule has 1 atom stereocenters. The van der Waals surface area contributed by atoms with Gasteiger partial charge in [-0.2, -0.15) is 0 Å². The van der Waals surface area contributed by atoms with Crippen molar-refractivity contribution in [1.29, 1.82) is 0 Å². The predicted molar refractivity (Wildman–Crippen MR) is 74.6 cm³/mol. The van der Waals surface area contributed by atoms with Gasteiger partial charge in [-0.1, -0.05) is 19.1 Å². The molecule has 0 aliphatic heterocycles. The zero-order chi connectivity index (χ0) is 12.8. The number of hydrogen-bond acceptors (Lipinski definition) is 4. The van der Waals surface area contributed by atoms with Gasteiger partial charge in [-0.3, -0.25) is 0 Å². The molecule has 18 heavy (non-hydrogen) atoms. The first kappa shape index (κ1) is 13.1. The molecule has 0 spiro atoms. The Balaban J connectivity index is 2.17. The van der Waals surface area contributed by atoms with Crippen LogP contribution < -0.4 is 5.73 Å². The average molecular weight is 259 g/mol. The van der Waals surface area contributed by atoms with E-state index >= 15 is 0 Å². The standard InChI is InChI=1S/C14H17N3S/c1-2-12(15)10-11-6-5-9-17-14(11)18-13-7-3-4-8-16-13/h3-9,12H,2,10,15H2,1H3. The summed E-state index contributed by atoms with van der Waals surface area (Å²) < 4.78 is 0. The molecule has 0 bridgehead atoms. The third-order valence-electron chi connectivity index (χ3n) is 2.70. The summed E-state index contributed by atoms with van der Waals surface area (Å²) in [6.07, 6.45) is 5.44. The topological polar surface area (TPSA) is 51.8 Å². The van der Waals surface area contributed by atoms with E-state index in [9.17, 15) is 0 Å². The van der Waals surface area contributed by atoms with E-state index in [4.69, 9.17) is 5.73 Å². The van der Waals surface area contributed by atoms with E-state index in [1.165, 1.54) is 5.56 Å². The molecule has 0 aliphatic rings. The summed E-state index contributed by atoms with van der Waals surface area (Å²) in [6.45, 7) is 2.10. The van der Waals surface area contributed by atoms with Gasteiger partial charge in [-0.05, 0) is 48.4 Å². The summed E-state index contributed by atoms with van der Waals surface area (Å²) >= 11 is 1.59. The average Bonchev–Trinajstić information content (AvgIpc) is 2.42. The van der Waals surface area contributed by atoms with Crippen molar-refractivity contribution in [3.05, 3.63) is 48.3 Å². The second kappa shape index (κ2) is 6.52. The molecular formula is C14H17N3S. The monoisotopic (exact) mass is 259 g/mol. The van der Waals surface area contributed by atoms with Crippen molar-refractivity contribution in [2.75, 3.05) is 0 Å². The first-order valence-electron chi connectivity index (χ1n) is 6.08. The van der Waals surface area contributed by atoms with Crippen LogP contribution in [0, 0.1) is 0 Å². The van der Waals surface area contributed by atoms with Crippen LogP contribution in [0.1, 0.15) is 18.9 Å². The highest BCUT2D eigenvalue weighted by molar-refractivity contribution is 7.99. The van der Waals surface area contributed by atoms with Crippen molar-refractivity contribution < 1.29 is 0 Å². The maximum atomic E-state index is 6.01. The van der Waals surface area contributed by atoms with Crippen LogP contribution in [0.4, 0.5) is 0 Å². The molecule has 0 fully saturated rings.